The number of aromatic nitrogens is 4. The van der Waals surface area contributed by atoms with Crippen molar-refractivity contribution in [2.75, 3.05) is 6.54 Å². The molecule has 0 bridgehead atoms. The highest BCUT2D eigenvalue weighted by molar-refractivity contribution is 7.99. The average Bonchev–Trinajstić information content (AvgIpc) is 3.28. The lowest BCUT2D eigenvalue weighted by Gasteiger charge is -2.26. The number of nitrogens with one attached hydrogen (secondary N) is 2. The van der Waals surface area contributed by atoms with Gasteiger partial charge in [0.25, 0.3) is 5.56 Å². The van der Waals surface area contributed by atoms with Crippen LogP contribution >= 0.6 is 11.8 Å². The Balaban J connectivity index is 1.28. The highest BCUT2D eigenvalue weighted by Gasteiger charge is 2.21. The van der Waals surface area contributed by atoms with Crippen LogP contribution < -0.4 is 5.56 Å². The molecule has 8 heteroatoms. The van der Waals surface area contributed by atoms with E-state index >= 15 is 0 Å². The molecule has 0 atom stereocenters. The van der Waals surface area contributed by atoms with Gasteiger partial charge in [-0.05, 0) is 55.4 Å². The number of hydrogen-bond donors (Lipinski definition) is 2. The summed E-state index contributed by atoms with van der Waals surface area (Å²) in [6.45, 7) is 5.99. The lowest BCUT2D eigenvalue weighted by atomic mass is 10.1. The van der Waals surface area contributed by atoms with Gasteiger partial charge in [-0.15, -0.1) is 0 Å². The first-order chi connectivity index (χ1) is 14.0. The van der Waals surface area contributed by atoms with Crippen molar-refractivity contribution in [1.82, 2.24) is 24.8 Å². The molecular formula is C21H21N5O2S. The third-order valence-corrected chi connectivity index (χ3v) is 5.90. The van der Waals surface area contributed by atoms with E-state index in [0.29, 0.717) is 18.9 Å². The number of furan rings is 1. The Kier molecular flexibility index (Phi) is 4.52. The van der Waals surface area contributed by atoms with Crippen LogP contribution in [0.3, 0.4) is 0 Å². The number of rotatable bonds is 4. The topological polar surface area (TPSA) is 90.8 Å². The second-order valence-corrected chi connectivity index (χ2v) is 8.42. The van der Waals surface area contributed by atoms with Crippen LogP contribution in [0.2, 0.25) is 0 Å². The Morgan fingerprint density at radius 2 is 2.07 bits per heavy atom. The Hall–Kier alpha value is -2.84. The maximum Gasteiger partial charge on any atom is 0.255 e. The molecule has 0 saturated carbocycles. The van der Waals surface area contributed by atoms with Gasteiger partial charge in [-0.2, -0.15) is 0 Å². The number of hydrogen-bond acceptors (Lipinski definition) is 6. The van der Waals surface area contributed by atoms with Gasteiger partial charge in [0, 0.05) is 19.5 Å². The van der Waals surface area contributed by atoms with Crippen LogP contribution in [-0.2, 0) is 19.5 Å². The minimum atomic E-state index is -0.0342. The normalized spacial score (nSPS) is 14.4. The molecule has 0 unspecified atom stereocenters. The van der Waals surface area contributed by atoms with Gasteiger partial charge < -0.3 is 14.4 Å². The monoisotopic (exact) mass is 407 g/mol. The molecule has 1 aliphatic heterocycles. The van der Waals surface area contributed by atoms with Crippen molar-refractivity contribution < 1.29 is 4.42 Å². The van der Waals surface area contributed by atoms with Crippen LogP contribution in [0, 0.1) is 13.8 Å². The Bertz CT molecular complexity index is 1260. The van der Waals surface area contributed by atoms with Gasteiger partial charge in [0.1, 0.15) is 11.6 Å². The second-order valence-electron chi connectivity index (χ2n) is 7.42. The van der Waals surface area contributed by atoms with Crippen LogP contribution in [0.15, 0.2) is 49.8 Å². The third kappa shape index (κ3) is 3.73. The zero-order valence-electron chi connectivity index (χ0n) is 16.3. The first-order valence-electron chi connectivity index (χ1n) is 9.57. The quantitative estimate of drug-likeness (QED) is 0.537. The number of imidazole rings is 1. The van der Waals surface area contributed by atoms with E-state index < -0.39 is 0 Å². The smallest absolute Gasteiger partial charge is 0.255 e. The van der Waals surface area contributed by atoms with E-state index in [2.05, 4.69) is 43.9 Å². The molecule has 2 N–H and O–H groups in total. The molecule has 0 amide bonds. The number of H-pyrrole nitrogens is 2. The van der Waals surface area contributed by atoms with Crippen LogP contribution in [0.25, 0.3) is 11.0 Å². The van der Waals surface area contributed by atoms with E-state index in [1.54, 1.807) is 0 Å². The van der Waals surface area contributed by atoms with Crippen molar-refractivity contribution in [1.29, 1.82) is 0 Å². The van der Waals surface area contributed by atoms with E-state index in [9.17, 15) is 4.79 Å². The first-order valence-corrected chi connectivity index (χ1v) is 10.4. The van der Waals surface area contributed by atoms with Crippen LogP contribution in [-0.4, -0.2) is 31.4 Å². The van der Waals surface area contributed by atoms with Gasteiger partial charge in [-0.1, -0.05) is 6.07 Å². The number of nitrogens with zero attached hydrogens (tertiary/aromatic N) is 3. The van der Waals surface area contributed by atoms with Gasteiger partial charge in [0.05, 0.1) is 28.8 Å². The maximum absolute atomic E-state index is 12.2. The lowest BCUT2D eigenvalue weighted by molar-refractivity contribution is 0.217. The lowest BCUT2D eigenvalue weighted by Crippen LogP contribution is -2.35. The van der Waals surface area contributed by atoms with Crippen LogP contribution in [0.5, 0.6) is 0 Å². The fraction of sp³-hybridized carbons (Fsp3) is 0.286. The van der Waals surface area contributed by atoms with Gasteiger partial charge in [-0.3, -0.25) is 9.69 Å². The van der Waals surface area contributed by atoms with Crippen LogP contribution in [0.4, 0.5) is 0 Å². The van der Waals surface area contributed by atoms with Crippen LogP contribution in [0.1, 0.15) is 28.4 Å². The molecule has 148 valence electrons. The summed E-state index contributed by atoms with van der Waals surface area (Å²) in [7, 11) is 0. The van der Waals surface area contributed by atoms with E-state index in [1.165, 1.54) is 17.3 Å². The molecule has 4 heterocycles. The van der Waals surface area contributed by atoms with Crippen molar-refractivity contribution in [3.8, 4) is 0 Å². The zero-order chi connectivity index (χ0) is 20.0. The standard InChI is InChI=1S/C21H21N5O2S/c1-12-3-5-17-18(9-12)25-21(24-17)29-19-6-4-14(28-19)10-26-8-7-16-15(11-26)20(27)23-13(2)22-16/h3-6,9H,7-8,10-11H2,1-2H3,(H,24,25)(H,22,23,27). The SMILES string of the molecule is Cc1ccc2nc(Sc3ccc(CN4CCc5nc(C)[nH]c(=O)c5C4)o3)[nH]c2c1. The molecule has 5 rings (SSSR count). The Labute approximate surface area is 171 Å². The van der Waals surface area contributed by atoms with Crippen molar-refractivity contribution in [3.63, 3.8) is 0 Å². The third-order valence-electron chi connectivity index (χ3n) is 5.10. The van der Waals surface area contributed by atoms with E-state index in [1.807, 2.05) is 25.1 Å². The van der Waals surface area contributed by atoms with E-state index in [-0.39, 0.29) is 5.56 Å². The number of benzene rings is 1. The predicted octanol–water partition coefficient (Wildman–Crippen LogP) is 3.57. The number of aromatic amines is 2. The number of fused-ring (bicyclic) bond motifs is 2. The average molecular weight is 407 g/mol. The zero-order valence-corrected chi connectivity index (χ0v) is 17.1. The fourth-order valence-electron chi connectivity index (χ4n) is 3.70. The molecule has 0 aliphatic carbocycles. The summed E-state index contributed by atoms with van der Waals surface area (Å²) < 4.78 is 6.01. The molecule has 7 nitrogen and oxygen atoms in total. The minimum absolute atomic E-state index is 0.0342. The number of aryl methyl sites for hydroxylation is 2. The molecular weight excluding hydrogens is 386 g/mol. The molecule has 3 aromatic heterocycles. The highest BCUT2D eigenvalue weighted by atomic mass is 32.2. The molecule has 0 saturated heterocycles. The van der Waals surface area contributed by atoms with E-state index in [0.717, 1.165) is 51.3 Å². The summed E-state index contributed by atoms with van der Waals surface area (Å²) in [5.41, 5.74) is 4.82. The summed E-state index contributed by atoms with van der Waals surface area (Å²) in [6, 6.07) is 10.1. The van der Waals surface area contributed by atoms with E-state index in [4.69, 9.17) is 4.42 Å². The maximum atomic E-state index is 12.2. The first kappa shape index (κ1) is 18.2. The van der Waals surface area contributed by atoms with Gasteiger partial charge in [0.2, 0.25) is 0 Å². The van der Waals surface area contributed by atoms with Gasteiger partial charge >= 0.3 is 0 Å². The summed E-state index contributed by atoms with van der Waals surface area (Å²) in [4.78, 5) is 29.6. The van der Waals surface area contributed by atoms with Gasteiger partial charge in [-0.25, -0.2) is 9.97 Å². The Morgan fingerprint density at radius 1 is 1.17 bits per heavy atom. The molecule has 0 fully saturated rings. The molecule has 29 heavy (non-hydrogen) atoms. The Morgan fingerprint density at radius 3 is 2.97 bits per heavy atom. The highest BCUT2D eigenvalue weighted by Crippen LogP contribution is 2.29. The predicted molar refractivity (Wildman–Crippen MR) is 111 cm³/mol. The van der Waals surface area contributed by atoms with Crippen molar-refractivity contribution in [3.05, 3.63) is 69.1 Å². The fourth-order valence-corrected chi connectivity index (χ4v) is 4.48. The van der Waals surface area contributed by atoms with Crippen molar-refractivity contribution in [2.24, 2.45) is 0 Å². The molecule has 0 radical (unpaired) electrons. The summed E-state index contributed by atoms with van der Waals surface area (Å²) in [6.07, 6.45) is 0.779. The molecule has 4 aromatic rings. The van der Waals surface area contributed by atoms with Crippen molar-refractivity contribution in [2.45, 2.75) is 43.6 Å². The molecule has 0 spiro atoms. The summed E-state index contributed by atoms with van der Waals surface area (Å²) in [5, 5.41) is 1.61. The van der Waals surface area contributed by atoms with Crippen molar-refractivity contribution >= 4 is 22.8 Å². The summed E-state index contributed by atoms with van der Waals surface area (Å²) in [5.74, 6) is 1.55. The summed E-state index contributed by atoms with van der Waals surface area (Å²) >= 11 is 1.48. The van der Waals surface area contributed by atoms with Gasteiger partial charge in [0.15, 0.2) is 10.2 Å². The minimum Gasteiger partial charge on any atom is -0.453 e. The molecule has 1 aromatic carbocycles. The second kappa shape index (κ2) is 7.20. The molecule has 1 aliphatic rings. The largest absolute Gasteiger partial charge is 0.453 e.